The molecule has 7 nitrogen and oxygen atoms in total. The molecule has 1 aromatic heterocycles. The molecule has 7 heteroatoms. The Balaban J connectivity index is 1.58. The zero-order chi connectivity index (χ0) is 18.8. The van der Waals surface area contributed by atoms with E-state index in [0.29, 0.717) is 18.7 Å². The Morgan fingerprint density at radius 1 is 1.15 bits per heavy atom. The number of ether oxygens (including phenoxy) is 1. The molecule has 0 aliphatic carbocycles. The summed E-state index contributed by atoms with van der Waals surface area (Å²) in [5.41, 5.74) is 7.44. The minimum Gasteiger partial charge on any atom is -0.445 e. The summed E-state index contributed by atoms with van der Waals surface area (Å²) in [6.45, 7) is 3.39. The van der Waals surface area contributed by atoms with Gasteiger partial charge in [-0.25, -0.2) is 9.78 Å². The molecule has 1 aromatic carbocycles. The number of anilines is 1. The molecular formula is C19H24N4O3. The number of unbranched alkanes of at least 4 members (excludes halogenated alkanes) is 1. The summed E-state index contributed by atoms with van der Waals surface area (Å²) in [5, 5.41) is 5.93. The summed E-state index contributed by atoms with van der Waals surface area (Å²) in [7, 11) is 0. The van der Waals surface area contributed by atoms with Crippen LogP contribution in [0.2, 0.25) is 0 Å². The first kappa shape index (κ1) is 19.2. The van der Waals surface area contributed by atoms with Crippen molar-refractivity contribution in [1.82, 2.24) is 10.3 Å². The smallest absolute Gasteiger partial charge is 0.407 e. The van der Waals surface area contributed by atoms with Gasteiger partial charge in [0.1, 0.15) is 12.4 Å². The fourth-order valence-corrected chi connectivity index (χ4v) is 2.32. The molecule has 0 unspecified atom stereocenters. The van der Waals surface area contributed by atoms with Crippen LogP contribution in [0.1, 0.15) is 34.3 Å². The first-order valence-corrected chi connectivity index (χ1v) is 8.51. The summed E-state index contributed by atoms with van der Waals surface area (Å²) in [6.07, 6.45) is 2.72. The predicted molar refractivity (Wildman–Crippen MR) is 99.8 cm³/mol. The lowest BCUT2D eigenvalue weighted by atomic mass is 10.2. The van der Waals surface area contributed by atoms with E-state index >= 15 is 0 Å². The monoisotopic (exact) mass is 356 g/mol. The first-order chi connectivity index (χ1) is 12.6. The topological polar surface area (TPSA) is 106 Å². The maximum absolute atomic E-state index is 11.6. The van der Waals surface area contributed by atoms with Crippen LogP contribution in [0.25, 0.3) is 0 Å². The standard InChI is InChI=1S/C19H24N4O3/c1-14-11-16(17(20)24)12-23-18(14)21-9-5-6-10-22-19(25)26-13-15-7-3-2-4-8-15/h2-4,7-8,11-12H,5-6,9-10,13H2,1H3,(H2,20,24)(H,21,23)(H,22,25). The van der Waals surface area contributed by atoms with Gasteiger partial charge in [0.2, 0.25) is 5.91 Å². The number of nitrogens with zero attached hydrogens (tertiary/aromatic N) is 1. The molecule has 2 amide bonds. The van der Waals surface area contributed by atoms with Gasteiger partial charge in [0.05, 0.1) is 5.56 Å². The Labute approximate surface area is 153 Å². The van der Waals surface area contributed by atoms with Crippen LogP contribution in [0, 0.1) is 6.92 Å². The zero-order valence-electron chi connectivity index (χ0n) is 14.8. The van der Waals surface area contributed by atoms with E-state index in [1.165, 1.54) is 6.20 Å². The Bertz CT molecular complexity index is 735. The molecular weight excluding hydrogens is 332 g/mol. The highest BCUT2D eigenvalue weighted by atomic mass is 16.5. The molecule has 0 bridgehead atoms. The van der Waals surface area contributed by atoms with Gasteiger partial charge in [0.15, 0.2) is 0 Å². The molecule has 0 aliphatic heterocycles. The third-order valence-corrected chi connectivity index (χ3v) is 3.74. The van der Waals surface area contributed by atoms with Gasteiger partial charge in [-0.3, -0.25) is 4.79 Å². The number of hydrogen-bond acceptors (Lipinski definition) is 5. The number of carbonyl (C=O) groups is 2. The number of hydrogen-bond donors (Lipinski definition) is 3. The van der Waals surface area contributed by atoms with Crippen molar-refractivity contribution in [2.45, 2.75) is 26.4 Å². The lowest BCUT2D eigenvalue weighted by Gasteiger charge is -2.10. The molecule has 2 aromatic rings. The molecule has 4 N–H and O–H groups in total. The molecule has 1 heterocycles. The van der Waals surface area contributed by atoms with Crippen LogP contribution in [-0.4, -0.2) is 30.1 Å². The van der Waals surface area contributed by atoms with Gasteiger partial charge < -0.3 is 21.1 Å². The first-order valence-electron chi connectivity index (χ1n) is 8.51. The maximum Gasteiger partial charge on any atom is 0.407 e. The third-order valence-electron chi connectivity index (χ3n) is 3.74. The quantitative estimate of drug-likeness (QED) is 0.599. The van der Waals surface area contributed by atoms with Crippen molar-refractivity contribution >= 4 is 17.8 Å². The number of nitrogens with two attached hydrogens (primary N) is 1. The van der Waals surface area contributed by atoms with Gasteiger partial charge in [-0.1, -0.05) is 30.3 Å². The lowest BCUT2D eigenvalue weighted by Crippen LogP contribution is -2.25. The number of primary amides is 1. The van der Waals surface area contributed by atoms with E-state index in [4.69, 9.17) is 10.5 Å². The molecule has 0 radical (unpaired) electrons. The van der Waals surface area contributed by atoms with Crippen molar-refractivity contribution < 1.29 is 14.3 Å². The van der Waals surface area contributed by atoms with Crippen LogP contribution in [0.15, 0.2) is 42.6 Å². The molecule has 138 valence electrons. The zero-order valence-corrected chi connectivity index (χ0v) is 14.8. The van der Waals surface area contributed by atoms with E-state index in [1.807, 2.05) is 37.3 Å². The molecule has 0 spiro atoms. The normalized spacial score (nSPS) is 10.2. The van der Waals surface area contributed by atoms with Crippen LogP contribution < -0.4 is 16.4 Å². The number of nitrogens with one attached hydrogen (secondary N) is 2. The average molecular weight is 356 g/mol. The highest BCUT2D eigenvalue weighted by molar-refractivity contribution is 5.92. The van der Waals surface area contributed by atoms with E-state index in [9.17, 15) is 9.59 Å². The number of benzene rings is 1. The fraction of sp³-hybridized carbons (Fsp3) is 0.316. The van der Waals surface area contributed by atoms with Gasteiger partial charge >= 0.3 is 6.09 Å². The minimum atomic E-state index is -0.489. The van der Waals surface area contributed by atoms with Crippen molar-refractivity contribution in [3.63, 3.8) is 0 Å². The summed E-state index contributed by atoms with van der Waals surface area (Å²) < 4.78 is 5.14. The van der Waals surface area contributed by atoms with E-state index in [-0.39, 0.29) is 6.61 Å². The number of aromatic nitrogens is 1. The van der Waals surface area contributed by atoms with Gasteiger partial charge in [0.25, 0.3) is 0 Å². The van der Waals surface area contributed by atoms with Crippen LogP contribution >= 0.6 is 0 Å². The molecule has 2 rings (SSSR count). The maximum atomic E-state index is 11.6. The number of rotatable bonds is 9. The highest BCUT2D eigenvalue weighted by Gasteiger charge is 2.05. The molecule has 0 aliphatic rings. The number of aryl methyl sites for hydroxylation is 1. The second kappa shape index (κ2) is 10.0. The van der Waals surface area contributed by atoms with E-state index in [1.54, 1.807) is 6.07 Å². The summed E-state index contributed by atoms with van der Waals surface area (Å²) in [4.78, 5) is 26.9. The largest absolute Gasteiger partial charge is 0.445 e. The number of carbonyl (C=O) groups excluding carboxylic acids is 2. The second-order valence-electron chi connectivity index (χ2n) is 5.88. The summed E-state index contributed by atoms with van der Waals surface area (Å²) in [6, 6.07) is 11.3. The highest BCUT2D eigenvalue weighted by Crippen LogP contribution is 2.12. The summed E-state index contributed by atoms with van der Waals surface area (Å²) in [5.74, 6) is 0.239. The Morgan fingerprint density at radius 3 is 2.58 bits per heavy atom. The van der Waals surface area contributed by atoms with Gasteiger partial charge in [-0.05, 0) is 37.0 Å². The third kappa shape index (κ3) is 6.43. The molecule has 0 saturated carbocycles. The van der Waals surface area contributed by atoms with E-state index in [2.05, 4.69) is 15.6 Å². The fourth-order valence-electron chi connectivity index (χ4n) is 2.32. The Morgan fingerprint density at radius 2 is 1.88 bits per heavy atom. The van der Waals surface area contributed by atoms with Crippen molar-refractivity contribution in [2.24, 2.45) is 5.73 Å². The average Bonchev–Trinajstić information content (AvgIpc) is 2.64. The van der Waals surface area contributed by atoms with Crippen LogP contribution in [0.5, 0.6) is 0 Å². The summed E-state index contributed by atoms with van der Waals surface area (Å²) >= 11 is 0. The second-order valence-corrected chi connectivity index (χ2v) is 5.88. The molecule has 0 saturated heterocycles. The Hall–Kier alpha value is -3.09. The lowest BCUT2D eigenvalue weighted by molar-refractivity contribution is 0.0999. The number of alkyl carbamates (subject to hydrolysis) is 1. The van der Waals surface area contributed by atoms with Crippen molar-refractivity contribution in [1.29, 1.82) is 0 Å². The molecule has 26 heavy (non-hydrogen) atoms. The van der Waals surface area contributed by atoms with Crippen molar-refractivity contribution in [3.05, 3.63) is 59.3 Å². The van der Waals surface area contributed by atoms with Crippen LogP contribution in [-0.2, 0) is 11.3 Å². The van der Waals surface area contributed by atoms with Gasteiger partial charge in [0, 0.05) is 19.3 Å². The predicted octanol–water partition coefficient (Wildman–Crippen LogP) is 2.61. The number of amides is 2. The van der Waals surface area contributed by atoms with E-state index < -0.39 is 12.0 Å². The van der Waals surface area contributed by atoms with Crippen LogP contribution in [0.3, 0.4) is 0 Å². The molecule has 0 atom stereocenters. The molecule has 0 fully saturated rings. The van der Waals surface area contributed by atoms with Crippen molar-refractivity contribution in [3.8, 4) is 0 Å². The van der Waals surface area contributed by atoms with Gasteiger partial charge in [-0.2, -0.15) is 0 Å². The minimum absolute atomic E-state index is 0.264. The SMILES string of the molecule is Cc1cc(C(N)=O)cnc1NCCCCNC(=O)OCc1ccccc1. The van der Waals surface area contributed by atoms with Crippen LogP contribution in [0.4, 0.5) is 10.6 Å². The van der Waals surface area contributed by atoms with Crippen molar-refractivity contribution in [2.75, 3.05) is 18.4 Å². The number of pyridine rings is 1. The Kier molecular flexibility index (Phi) is 7.42. The van der Waals surface area contributed by atoms with E-state index in [0.717, 1.165) is 29.8 Å². The van der Waals surface area contributed by atoms with Gasteiger partial charge in [-0.15, -0.1) is 0 Å².